The number of hydrogen-bond acceptors (Lipinski definition) is 5. The largest absolute Gasteiger partial charge is 0.497 e. The van der Waals surface area contributed by atoms with Gasteiger partial charge in [0.25, 0.3) is 0 Å². The zero-order valence-electron chi connectivity index (χ0n) is 16.6. The highest BCUT2D eigenvalue weighted by Crippen LogP contribution is 2.26. The summed E-state index contributed by atoms with van der Waals surface area (Å²) in [6.45, 7) is 2.79. The van der Waals surface area contributed by atoms with Crippen LogP contribution in [0.2, 0.25) is 0 Å². The zero-order chi connectivity index (χ0) is 20.5. The van der Waals surface area contributed by atoms with Crippen molar-refractivity contribution < 1.29 is 14.3 Å². The van der Waals surface area contributed by atoms with Gasteiger partial charge in [0, 0.05) is 22.6 Å². The molecule has 0 aliphatic carbocycles. The molecule has 1 aromatic heterocycles. The molecule has 1 heterocycles. The van der Waals surface area contributed by atoms with Gasteiger partial charge in [-0.3, -0.25) is 10.1 Å². The van der Waals surface area contributed by atoms with E-state index in [1.807, 2.05) is 53.9 Å². The first-order valence-electron chi connectivity index (χ1n) is 9.50. The Bertz CT molecular complexity index is 964. The van der Waals surface area contributed by atoms with Crippen molar-refractivity contribution in [3.8, 4) is 22.8 Å². The third-order valence-corrected chi connectivity index (χ3v) is 4.97. The van der Waals surface area contributed by atoms with Crippen LogP contribution < -0.4 is 14.8 Å². The fraction of sp³-hybridized carbons (Fsp3) is 0.217. The van der Waals surface area contributed by atoms with Gasteiger partial charge in [0.15, 0.2) is 5.13 Å². The summed E-state index contributed by atoms with van der Waals surface area (Å²) in [5.74, 6) is 1.34. The van der Waals surface area contributed by atoms with Crippen molar-refractivity contribution in [3.63, 3.8) is 0 Å². The van der Waals surface area contributed by atoms with Gasteiger partial charge in [-0.25, -0.2) is 4.98 Å². The van der Waals surface area contributed by atoms with E-state index in [9.17, 15) is 4.79 Å². The second kappa shape index (κ2) is 10.4. The summed E-state index contributed by atoms with van der Waals surface area (Å²) in [5.41, 5.74) is 2.65. The maximum absolute atomic E-state index is 12.3. The predicted octanol–water partition coefficient (Wildman–Crippen LogP) is 5.65. The van der Waals surface area contributed by atoms with E-state index in [4.69, 9.17) is 9.47 Å². The van der Waals surface area contributed by atoms with Crippen molar-refractivity contribution in [2.45, 2.75) is 19.8 Å². The average Bonchev–Trinajstić information content (AvgIpc) is 3.21. The fourth-order valence-corrected chi connectivity index (χ4v) is 3.34. The number of benzene rings is 2. The van der Waals surface area contributed by atoms with Gasteiger partial charge in [-0.1, -0.05) is 31.5 Å². The third kappa shape index (κ3) is 5.93. The highest BCUT2D eigenvalue weighted by molar-refractivity contribution is 7.14. The molecule has 0 unspecified atom stereocenters. The predicted molar refractivity (Wildman–Crippen MR) is 119 cm³/mol. The summed E-state index contributed by atoms with van der Waals surface area (Å²) in [5, 5.41) is 5.28. The van der Waals surface area contributed by atoms with Crippen LogP contribution in [0.1, 0.15) is 25.3 Å². The number of nitrogens with one attached hydrogen (secondary N) is 1. The van der Waals surface area contributed by atoms with Crippen molar-refractivity contribution in [1.29, 1.82) is 0 Å². The minimum atomic E-state index is -0.232. The number of para-hydroxylation sites is 1. The van der Waals surface area contributed by atoms with Gasteiger partial charge in [-0.15, -0.1) is 11.3 Å². The highest BCUT2D eigenvalue weighted by atomic mass is 32.1. The van der Waals surface area contributed by atoms with Gasteiger partial charge in [0.05, 0.1) is 19.4 Å². The van der Waals surface area contributed by atoms with Crippen LogP contribution in [0.5, 0.6) is 11.5 Å². The van der Waals surface area contributed by atoms with E-state index < -0.39 is 0 Å². The Morgan fingerprint density at radius 3 is 2.72 bits per heavy atom. The van der Waals surface area contributed by atoms with E-state index >= 15 is 0 Å². The maximum Gasteiger partial charge on any atom is 0.250 e. The van der Waals surface area contributed by atoms with Crippen LogP contribution >= 0.6 is 11.3 Å². The Labute approximate surface area is 175 Å². The topological polar surface area (TPSA) is 60.5 Å². The van der Waals surface area contributed by atoms with E-state index in [2.05, 4.69) is 17.2 Å². The van der Waals surface area contributed by atoms with Crippen LogP contribution in [0, 0.1) is 0 Å². The van der Waals surface area contributed by atoms with E-state index in [1.54, 1.807) is 13.2 Å². The third-order valence-electron chi connectivity index (χ3n) is 4.21. The molecule has 0 spiro atoms. The zero-order valence-corrected chi connectivity index (χ0v) is 17.4. The number of ether oxygens (including phenoxy) is 2. The summed E-state index contributed by atoms with van der Waals surface area (Å²) in [6, 6.07) is 15.3. The molecule has 3 aromatic rings. The lowest BCUT2D eigenvalue weighted by atomic mass is 10.2. The molecule has 0 atom stereocenters. The molecule has 5 nitrogen and oxygen atoms in total. The van der Waals surface area contributed by atoms with Gasteiger partial charge in [0.2, 0.25) is 5.91 Å². The van der Waals surface area contributed by atoms with Gasteiger partial charge in [-0.2, -0.15) is 0 Å². The lowest BCUT2D eigenvalue weighted by Gasteiger charge is -2.08. The Kier molecular flexibility index (Phi) is 7.41. The second-order valence-electron chi connectivity index (χ2n) is 6.33. The van der Waals surface area contributed by atoms with Crippen LogP contribution in [0.4, 0.5) is 5.13 Å². The van der Waals surface area contributed by atoms with Gasteiger partial charge < -0.3 is 9.47 Å². The first-order chi connectivity index (χ1) is 14.2. The molecule has 0 radical (unpaired) electrons. The van der Waals surface area contributed by atoms with Crippen LogP contribution in [0.3, 0.4) is 0 Å². The number of aromatic nitrogens is 1. The molecule has 0 bridgehead atoms. The molecule has 6 heteroatoms. The molecule has 0 aliphatic heterocycles. The second-order valence-corrected chi connectivity index (χ2v) is 7.19. The number of anilines is 1. The molecule has 0 fully saturated rings. The van der Waals surface area contributed by atoms with Crippen molar-refractivity contribution >= 4 is 28.5 Å². The number of unbranched alkanes of at least 4 members (excludes halogenated alkanes) is 1. The Hall–Kier alpha value is -3.12. The van der Waals surface area contributed by atoms with Crippen LogP contribution in [0.25, 0.3) is 17.3 Å². The Morgan fingerprint density at radius 1 is 1.17 bits per heavy atom. The first kappa shape index (κ1) is 20.6. The molecule has 150 valence electrons. The van der Waals surface area contributed by atoms with Crippen LogP contribution in [-0.4, -0.2) is 24.6 Å². The lowest BCUT2D eigenvalue weighted by molar-refractivity contribution is -0.111. The van der Waals surface area contributed by atoms with Crippen LogP contribution in [-0.2, 0) is 4.79 Å². The number of nitrogens with zero attached hydrogens (tertiary/aromatic N) is 1. The fourth-order valence-electron chi connectivity index (χ4n) is 2.61. The Balaban J connectivity index is 1.62. The number of rotatable bonds is 9. The highest BCUT2D eigenvalue weighted by Gasteiger charge is 2.07. The SMILES string of the molecule is CCCCOc1ccccc1C=CC(=O)Nc1nc(-c2ccc(OC)cc2)cs1. The van der Waals surface area contributed by atoms with E-state index in [-0.39, 0.29) is 5.91 Å². The van der Waals surface area contributed by atoms with Gasteiger partial charge >= 0.3 is 0 Å². The molecule has 1 amide bonds. The summed E-state index contributed by atoms with van der Waals surface area (Å²) < 4.78 is 11.0. The van der Waals surface area contributed by atoms with E-state index in [0.29, 0.717) is 11.7 Å². The molecule has 3 rings (SSSR count). The Morgan fingerprint density at radius 2 is 1.97 bits per heavy atom. The molecular formula is C23H24N2O3S. The summed E-state index contributed by atoms with van der Waals surface area (Å²) >= 11 is 1.39. The quantitative estimate of drug-likeness (QED) is 0.367. The lowest BCUT2D eigenvalue weighted by Crippen LogP contribution is -2.07. The summed E-state index contributed by atoms with van der Waals surface area (Å²) in [6.07, 6.45) is 5.33. The number of thiazole rings is 1. The molecule has 1 N–H and O–H groups in total. The number of carbonyl (C=O) groups is 1. The number of hydrogen-bond donors (Lipinski definition) is 1. The number of carbonyl (C=O) groups excluding carboxylic acids is 1. The van der Waals surface area contributed by atoms with Crippen molar-refractivity contribution in [3.05, 3.63) is 65.6 Å². The number of amides is 1. The van der Waals surface area contributed by atoms with Crippen LogP contribution in [0.15, 0.2) is 60.0 Å². The summed E-state index contributed by atoms with van der Waals surface area (Å²) in [4.78, 5) is 16.8. The van der Waals surface area contributed by atoms with E-state index in [0.717, 1.165) is 41.2 Å². The molecule has 0 saturated carbocycles. The minimum absolute atomic E-state index is 0.232. The van der Waals surface area contributed by atoms with Crippen molar-refractivity contribution in [1.82, 2.24) is 4.98 Å². The standard InChI is InChI=1S/C23H24N2O3S/c1-3-4-15-28-21-8-6-5-7-18(21)11-14-22(26)25-23-24-20(16-29-23)17-9-12-19(27-2)13-10-17/h5-14,16H,3-4,15H2,1-2H3,(H,24,25,26). The molecule has 2 aromatic carbocycles. The number of methoxy groups -OCH3 is 1. The van der Waals surface area contributed by atoms with Crippen molar-refractivity contribution in [2.75, 3.05) is 19.0 Å². The summed E-state index contributed by atoms with van der Waals surface area (Å²) in [7, 11) is 1.63. The smallest absolute Gasteiger partial charge is 0.250 e. The normalized spacial score (nSPS) is 10.8. The molecule has 0 aliphatic rings. The monoisotopic (exact) mass is 408 g/mol. The molecular weight excluding hydrogens is 384 g/mol. The first-order valence-corrected chi connectivity index (χ1v) is 10.4. The average molecular weight is 409 g/mol. The minimum Gasteiger partial charge on any atom is -0.497 e. The maximum atomic E-state index is 12.3. The molecule has 29 heavy (non-hydrogen) atoms. The van der Waals surface area contributed by atoms with Gasteiger partial charge in [-0.05, 0) is 42.8 Å². The van der Waals surface area contributed by atoms with Gasteiger partial charge in [0.1, 0.15) is 11.5 Å². The molecule has 0 saturated heterocycles. The van der Waals surface area contributed by atoms with Crippen molar-refractivity contribution in [2.24, 2.45) is 0 Å². The van der Waals surface area contributed by atoms with E-state index in [1.165, 1.54) is 17.4 Å².